The number of hydrogen-bond donors (Lipinski definition) is 2. The van der Waals surface area contributed by atoms with Crippen LogP contribution in [0.5, 0.6) is 0 Å². The molecule has 0 atom stereocenters. The molecule has 1 fully saturated rings. The average Bonchev–Trinajstić information content (AvgIpc) is 2.62. The largest absolute Gasteiger partial charge is 0.476 e. The quantitative estimate of drug-likeness (QED) is 0.798. The van der Waals surface area contributed by atoms with Crippen LogP contribution in [0.3, 0.4) is 0 Å². The molecular weight excluding hydrogens is 208 g/mol. The lowest BCUT2D eigenvalue weighted by atomic mass is 9.82. The Kier molecular flexibility index (Phi) is 2.71. The molecule has 0 saturated carbocycles. The zero-order valence-corrected chi connectivity index (χ0v) is 9.54. The highest BCUT2D eigenvalue weighted by Gasteiger charge is 2.33. The van der Waals surface area contributed by atoms with Crippen molar-refractivity contribution in [1.29, 1.82) is 0 Å². The van der Waals surface area contributed by atoms with Gasteiger partial charge in [0.15, 0.2) is 5.69 Å². The van der Waals surface area contributed by atoms with Gasteiger partial charge in [0, 0.05) is 24.3 Å². The Morgan fingerprint density at radius 3 is 2.62 bits per heavy atom. The van der Waals surface area contributed by atoms with Crippen LogP contribution in [0.25, 0.3) is 0 Å². The van der Waals surface area contributed by atoms with Gasteiger partial charge in [-0.1, -0.05) is 6.92 Å². The fourth-order valence-corrected chi connectivity index (χ4v) is 2.01. The van der Waals surface area contributed by atoms with Crippen molar-refractivity contribution >= 4 is 5.97 Å². The highest BCUT2D eigenvalue weighted by Crippen LogP contribution is 2.32. The first-order valence-corrected chi connectivity index (χ1v) is 5.41. The normalized spacial score (nSPS) is 19.6. The number of ether oxygens (including phenoxy) is 1. The summed E-state index contributed by atoms with van der Waals surface area (Å²) in [6, 6.07) is 0. The highest BCUT2D eigenvalue weighted by molar-refractivity contribution is 5.86. The lowest BCUT2D eigenvalue weighted by Gasteiger charge is -2.31. The fraction of sp³-hybridized carbons (Fsp3) is 0.636. The molecular formula is C11H16N2O3. The van der Waals surface area contributed by atoms with Crippen LogP contribution >= 0.6 is 0 Å². The molecule has 0 spiro atoms. The van der Waals surface area contributed by atoms with E-state index in [-0.39, 0.29) is 11.1 Å². The van der Waals surface area contributed by atoms with Gasteiger partial charge in [0.25, 0.3) is 0 Å². The number of aromatic carboxylic acids is 1. The third-order valence-corrected chi connectivity index (χ3v) is 3.26. The van der Waals surface area contributed by atoms with E-state index in [0.717, 1.165) is 18.7 Å². The van der Waals surface area contributed by atoms with Gasteiger partial charge < -0.3 is 14.8 Å². The summed E-state index contributed by atoms with van der Waals surface area (Å²) in [5.41, 5.74) is 0.661. The number of aryl methyl sites for hydroxylation is 1. The monoisotopic (exact) mass is 224 g/mol. The molecule has 1 aliphatic heterocycles. The van der Waals surface area contributed by atoms with Gasteiger partial charge >= 0.3 is 5.97 Å². The molecule has 2 heterocycles. The Morgan fingerprint density at radius 1 is 1.50 bits per heavy atom. The van der Waals surface area contributed by atoms with Gasteiger partial charge in [-0.25, -0.2) is 9.78 Å². The second kappa shape index (κ2) is 3.90. The summed E-state index contributed by atoms with van der Waals surface area (Å²) < 4.78 is 5.31. The second-order valence-electron chi connectivity index (χ2n) is 4.54. The summed E-state index contributed by atoms with van der Waals surface area (Å²) in [7, 11) is 0. The van der Waals surface area contributed by atoms with E-state index in [4.69, 9.17) is 9.84 Å². The smallest absolute Gasteiger partial charge is 0.356 e. The SMILES string of the molecule is Cc1[nH]c(C2(C)CCOCC2)nc1C(=O)O. The Bertz CT molecular complexity index is 405. The molecule has 88 valence electrons. The van der Waals surface area contributed by atoms with Crippen LogP contribution in [0.4, 0.5) is 0 Å². The van der Waals surface area contributed by atoms with Gasteiger partial charge in [-0.05, 0) is 19.8 Å². The van der Waals surface area contributed by atoms with Crippen LogP contribution in [-0.4, -0.2) is 34.3 Å². The standard InChI is InChI=1S/C11H16N2O3/c1-7-8(9(14)15)13-10(12-7)11(2)3-5-16-6-4-11/h3-6H2,1-2H3,(H,12,13)(H,14,15). The summed E-state index contributed by atoms with van der Waals surface area (Å²) in [6.45, 7) is 5.25. The van der Waals surface area contributed by atoms with Crippen molar-refractivity contribution in [1.82, 2.24) is 9.97 Å². The molecule has 0 radical (unpaired) electrons. The molecule has 0 bridgehead atoms. The van der Waals surface area contributed by atoms with Crippen LogP contribution in [0.15, 0.2) is 0 Å². The predicted molar refractivity (Wildman–Crippen MR) is 57.7 cm³/mol. The van der Waals surface area contributed by atoms with Crippen molar-refractivity contribution in [3.8, 4) is 0 Å². The van der Waals surface area contributed by atoms with Crippen molar-refractivity contribution in [2.45, 2.75) is 32.1 Å². The van der Waals surface area contributed by atoms with Crippen LogP contribution in [0, 0.1) is 6.92 Å². The number of aromatic nitrogens is 2. The number of carbonyl (C=O) groups is 1. The summed E-state index contributed by atoms with van der Waals surface area (Å²) in [4.78, 5) is 18.2. The molecule has 2 rings (SSSR count). The summed E-state index contributed by atoms with van der Waals surface area (Å²) in [5, 5.41) is 8.95. The van der Waals surface area contributed by atoms with Crippen LogP contribution in [0.2, 0.25) is 0 Å². The number of nitrogens with zero attached hydrogens (tertiary/aromatic N) is 1. The zero-order valence-electron chi connectivity index (χ0n) is 9.54. The average molecular weight is 224 g/mol. The minimum atomic E-state index is -0.976. The maximum Gasteiger partial charge on any atom is 0.356 e. The predicted octanol–water partition coefficient (Wildman–Crippen LogP) is 1.48. The first-order valence-electron chi connectivity index (χ1n) is 5.41. The molecule has 1 aromatic rings. The first kappa shape index (κ1) is 11.1. The highest BCUT2D eigenvalue weighted by atomic mass is 16.5. The van der Waals surface area contributed by atoms with E-state index in [2.05, 4.69) is 16.9 Å². The number of carboxylic acids is 1. The van der Waals surface area contributed by atoms with E-state index < -0.39 is 5.97 Å². The maximum atomic E-state index is 10.9. The summed E-state index contributed by atoms with van der Waals surface area (Å²) >= 11 is 0. The van der Waals surface area contributed by atoms with Crippen molar-refractivity contribution in [2.75, 3.05) is 13.2 Å². The van der Waals surface area contributed by atoms with E-state index >= 15 is 0 Å². The van der Waals surface area contributed by atoms with Gasteiger partial charge in [0.2, 0.25) is 0 Å². The van der Waals surface area contributed by atoms with E-state index in [1.807, 2.05) is 0 Å². The number of H-pyrrole nitrogens is 1. The minimum absolute atomic E-state index is 0.0866. The molecule has 0 amide bonds. The molecule has 1 aromatic heterocycles. The van der Waals surface area contributed by atoms with E-state index in [1.165, 1.54) is 0 Å². The molecule has 2 N–H and O–H groups in total. The third kappa shape index (κ3) is 1.82. The lowest BCUT2D eigenvalue weighted by Crippen LogP contribution is -2.31. The van der Waals surface area contributed by atoms with Gasteiger partial charge in [-0.3, -0.25) is 0 Å². The van der Waals surface area contributed by atoms with Crippen molar-refractivity contribution < 1.29 is 14.6 Å². The lowest BCUT2D eigenvalue weighted by molar-refractivity contribution is 0.0537. The van der Waals surface area contributed by atoms with Gasteiger partial charge in [0.05, 0.1) is 0 Å². The Balaban J connectivity index is 2.33. The number of nitrogens with one attached hydrogen (secondary N) is 1. The number of imidazole rings is 1. The Hall–Kier alpha value is -1.36. The minimum Gasteiger partial charge on any atom is -0.476 e. The van der Waals surface area contributed by atoms with Crippen molar-refractivity contribution in [3.05, 3.63) is 17.2 Å². The molecule has 5 nitrogen and oxygen atoms in total. The van der Waals surface area contributed by atoms with Crippen LogP contribution in [0.1, 0.15) is 41.8 Å². The summed E-state index contributed by atoms with van der Waals surface area (Å²) in [6.07, 6.45) is 1.75. The molecule has 0 aliphatic carbocycles. The van der Waals surface area contributed by atoms with Crippen LogP contribution in [-0.2, 0) is 10.2 Å². The topological polar surface area (TPSA) is 75.2 Å². The fourth-order valence-electron chi connectivity index (χ4n) is 2.01. The third-order valence-electron chi connectivity index (χ3n) is 3.26. The number of rotatable bonds is 2. The van der Waals surface area contributed by atoms with Crippen LogP contribution < -0.4 is 0 Å². The van der Waals surface area contributed by atoms with E-state index in [0.29, 0.717) is 18.9 Å². The van der Waals surface area contributed by atoms with Crippen molar-refractivity contribution in [2.24, 2.45) is 0 Å². The maximum absolute atomic E-state index is 10.9. The van der Waals surface area contributed by atoms with E-state index in [1.54, 1.807) is 6.92 Å². The Morgan fingerprint density at radius 2 is 2.12 bits per heavy atom. The molecule has 5 heteroatoms. The molecule has 16 heavy (non-hydrogen) atoms. The zero-order chi connectivity index (χ0) is 11.8. The molecule has 0 unspecified atom stereocenters. The molecule has 1 aliphatic rings. The van der Waals surface area contributed by atoms with E-state index in [9.17, 15) is 4.79 Å². The molecule has 1 saturated heterocycles. The molecule has 0 aromatic carbocycles. The van der Waals surface area contributed by atoms with Gasteiger partial charge in [-0.2, -0.15) is 0 Å². The van der Waals surface area contributed by atoms with Crippen molar-refractivity contribution in [3.63, 3.8) is 0 Å². The second-order valence-corrected chi connectivity index (χ2v) is 4.54. The number of hydrogen-bond acceptors (Lipinski definition) is 3. The van der Waals surface area contributed by atoms with Gasteiger partial charge in [-0.15, -0.1) is 0 Å². The Labute approximate surface area is 93.8 Å². The summed E-state index contributed by atoms with van der Waals surface area (Å²) in [5.74, 6) is -0.207. The number of carboxylic acid groups (broad SMARTS) is 1. The first-order chi connectivity index (χ1) is 7.53. The number of aromatic amines is 1. The van der Waals surface area contributed by atoms with Gasteiger partial charge in [0.1, 0.15) is 5.82 Å².